The first-order chi connectivity index (χ1) is 10.1. The van der Waals surface area contributed by atoms with Gasteiger partial charge in [0.2, 0.25) is 5.91 Å². The van der Waals surface area contributed by atoms with Gasteiger partial charge in [0.1, 0.15) is 12.6 Å². The molecule has 0 aromatic heterocycles. The highest BCUT2D eigenvalue weighted by atomic mass is 16.5. The number of nitrogens with one attached hydrogen (secondary N) is 1. The van der Waals surface area contributed by atoms with Crippen LogP contribution < -0.4 is 5.32 Å². The number of hydrogen-bond donors (Lipinski definition) is 2. The zero-order chi connectivity index (χ0) is 15.5. The maximum atomic E-state index is 11.6. The molecule has 0 aliphatic carbocycles. The van der Waals surface area contributed by atoms with Gasteiger partial charge in [-0.15, -0.1) is 0 Å². The van der Waals surface area contributed by atoms with Crippen LogP contribution in [0.3, 0.4) is 0 Å². The fraction of sp³-hybridized carbons (Fsp3) is 0.467. The van der Waals surface area contributed by atoms with Crippen LogP contribution in [0.1, 0.15) is 12.5 Å². The van der Waals surface area contributed by atoms with Crippen molar-refractivity contribution in [2.75, 3.05) is 26.4 Å². The van der Waals surface area contributed by atoms with Gasteiger partial charge in [-0.25, -0.2) is 4.79 Å². The highest BCUT2D eigenvalue weighted by molar-refractivity contribution is 5.84. The first-order valence-electron chi connectivity index (χ1n) is 6.85. The van der Waals surface area contributed by atoms with Gasteiger partial charge in [-0.1, -0.05) is 30.3 Å². The van der Waals surface area contributed by atoms with E-state index in [1.807, 2.05) is 37.3 Å². The predicted octanol–water partition coefficient (Wildman–Crippen LogP) is 0.852. The van der Waals surface area contributed by atoms with Crippen LogP contribution in [0.2, 0.25) is 0 Å². The third kappa shape index (κ3) is 7.43. The fourth-order valence-electron chi connectivity index (χ4n) is 1.71. The monoisotopic (exact) mass is 295 g/mol. The average molecular weight is 295 g/mol. The molecule has 116 valence electrons. The van der Waals surface area contributed by atoms with Crippen molar-refractivity contribution in [2.24, 2.45) is 0 Å². The zero-order valence-electron chi connectivity index (χ0n) is 12.1. The average Bonchev–Trinajstić information content (AvgIpc) is 2.47. The minimum Gasteiger partial charge on any atom is -0.480 e. The number of carboxylic acids is 1. The molecular weight excluding hydrogens is 274 g/mol. The normalized spacial score (nSPS) is 11.9. The molecular formula is C15H21NO5. The first kappa shape index (κ1) is 17.1. The molecule has 0 aliphatic rings. The van der Waals surface area contributed by atoms with Crippen molar-refractivity contribution in [2.45, 2.75) is 19.4 Å². The molecule has 0 heterocycles. The zero-order valence-corrected chi connectivity index (χ0v) is 12.1. The van der Waals surface area contributed by atoms with E-state index in [9.17, 15) is 9.59 Å². The van der Waals surface area contributed by atoms with Gasteiger partial charge in [-0.3, -0.25) is 4.79 Å². The Morgan fingerprint density at radius 1 is 1.19 bits per heavy atom. The predicted molar refractivity (Wildman–Crippen MR) is 77.0 cm³/mol. The Labute approximate surface area is 124 Å². The lowest BCUT2D eigenvalue weighted by molar-refractivity contribution is -0.142. The van der Waals surface area contributed by atoms with E-state index in [1.54, 1.807) is 0 Å². The summed E-state index contributed by atoms with van der Waals surface area (Å²) < 4.78 is 10.2. The van der Waals surface area contributed by atoms with Gasteiger partial charge in [0.15, 0.2) is 0 Å². The second-order valence-electron chi connectivity index (χ2n) is 4.40. The molecule has 1 rings (SSSR count). The van der Waals surface area contributed by atoms with Crippen molar-refractivity contribution < 1.29 is 24.2 Å². The van der Waals surface area contributed by atoms with Crippen LogP contribution in [-0.2, 0) is 25.5 Å². The molecule has 2 N–H and O–H groups in total. The molecule has 0 unspecified atom stereocenters. The second-order valence-corrected chi connectivity index (χ2v) is 4.40. The topological polar surface area (TPSA) is 84.9 Å². The molecule has 21 heavy (non-hydrogen) atoms. The van der Waals surface area contributed by atoms with E-state index in [-0.39, 0.29) is 13.0 Å². The molecule has 0 saturated carbocycles. The number of amides is 1. The third-order valence-electron chi connectivity index (χ3n) is 2.73. The Balaban J connectivity index is 2.36. The van der Waals surface area contributed by atoms with Crippen LogP contribution in [0.5, 0.6) is 0 Å². The van der Waals surface area contributed by atoms with Crippen LogP contribution in [0.15, 0.2) is 30.3 Å². The van der Waals surface area contributed by atoms with Gasteiger partial charge < -0.3 is 19.9 Å². The Morgan fingerprint density at radius 2 is 1.86 bits per heavy atom. The fourth-order valence-corrected chi connectivity index (χ4v) is 1.71. The van der Waals surface area contributed by atoms with Gasteiger partial charge in [0.25, 0.3) is 0 Å². The molecule has 0 saturated heterocycles. The molecule has 0 radical (unpaired) electrons. The maximum Gasteiger partial charge on any atom is 0.326 e. The number of aliphatic carboxylic acids is 1. The van der Waals surface area contributed by atoms with E-state index < -0.39 is 17.9 Å². The van der Waals surface area contributed by atoms with Crippen molar-refractivity contribution in [1.29, 1.82) is 0 Å². The summed E-state index contributed by atoms with van der Waals surface area (Å²) in [7, 11) is 0. The summed E-state index contributed by atoms with van der Waals surface area (Å²) in [6, 6.07) is 8.18. The summed E-state index contributed by atoms with van der Waals surface area (Å²) in [5.41, 5.74) is 0.850. The minimum absolute atomic E-state index is 0.175. The maximum absolute atomic E-state index is 11.6. The van der Waals surface area contributed by atoms with Crippen molar-refractivity contribution in [3.05, 3.63) is 35.9 Å². The highest BCUT2D eigenvalue weighted by Gasteiger charge is 2.20. The second kappa shape index (κ2) is 9.90. The van der Waals surface area contributed by atoms with Gasteiger partial charge in [-0.2, -0.15) is 0 Å². The first-order valence-corrected chi connectivity index (χ1v) is 6.85. The van der Waals surface area contributed by atoms with Gasteiger partial charge in [0, 0.05) is 13.0 Å². The Morgan fingerprint density at radius 3 is 2.48 bits per heavy atom. The van der Waals surface area contributed by atoms with Crippen molar-refractivity contribution in [3.63, 3.8) is 0 Å². The molecule has 0 spiro atoms. The number of benzene rings is 1. The van der Waals surface area contributed by atoms with Crippen molar-refractivity contribution >= 4 is 11.9 Å². The van der Waals surface area contributed by atoms with E-state index in [2.05, 4.69) is 5.32 Å². The Bertz CT molecular complexity index is 435. The van der Waals surface area contributed by atoms with Crippen LogP contribution in [0.4, 0.5) is 0 Å². The molecule has 1 amide bonds. The van der Waals surface area contributed by atoms with E-state index in [0.29, 0.717) is 19.8 Å². The van der Waals surface area contributed by atoms with Crippen LogP contribution in [-0.4, -0.2) is 49.5 Å². The summed E-state index contributed by atoms with van der Waals surface area (Å²) in [4.78, 5) is 22.8. The van der Waals surface area contributed by atoms with Crippen molar-refractivity contribution in [3.8, 4) is 0 Å². The largest absolute Gasteiger partial charge is 0.480 e. The summed E-state index contributed by atoms with van der Waals surface area (Å²) >= 11 is 0. The summed E-state index contributed by atoms with van der Waals surface area (Å²) in [6.45, 7) is 3.00. The number of carbonyl (C=O) groups excluding carboxylic acids is 1. The molecule has 6 nitrogen and oxygen atoms in total. The van der Waals surface area contributed by atoms with E-state index in [1.165, 1.54) is 0 Å². The number of carboxylic acid groups (broad SMARTS) is 1. The Hall–Kier alpha value is -1.92. The van der Waals surface area contributed by atoms with Gasteiger partial charge in [0.05, 0.1) is 13.2 Å². The van der Waals surface area contributed by atoms with Gasteiger partial charge >= 0.3 is 5.97 Å². The summed E-state index contributed by atoms with van der Waals surface area (Å²) in [6.07, 6.45) is 0.237. The molecule has 0 bridgehead atoms. The standard InChI is InChI=1S/C15H21NO5/c1-2-20-8-9-21-11-14(17)16-13(15(18)19)10-12-6-4-3-5-7-12/h3-7,13H,2,8-11H2,1H3,(H,16,17)(H,18,19)/t13-/m0/s1. The molecule has 1 aromatic rings. The summed E-state index contributed by atoms with van der Waals surface area (Å²) in [5, 5.41) is 11.6. The lowest BCUT2D eigenvalue weighted by Crippen LogP contribution is -2.44. The van der Waals surface area contributed by atoms with E-state index in [0.717, 1.165) is 5.56 Å². The third-order valence-corrected chi connectivity index (χ3v) is 2.73. The number of hydrogen-bond acceptors (Lipinski definition) is 4. The van der Waals surface area contributed by atoms with Crippen LogP contribution in [0.25, 0.3) is 0 Å². The number of rotatable bonds is 10. The number of carbonyl (C=O) groups is 2. The van der Waals surface area contributed by atoms with Crippen molar-refractivity contribution in [1.82, 2.24) is 5.32 Å². The minimum atomic E-state index is -1.07. The number of ether oxygens (including phenoxy) is 2. The van der Waals surface area contributed by atoms with Gasteiger partial charge in [-0.05, 0) is 12.5 Å². The smallest absolute Gasteiger partial charge is 0.326 e. The highest BCUT2D eigenvalue weighted by Crippen LogP contribution is 2.03. The molecule has 6 heteroatoms. The SMILES string of the molecule is CCOCCOCC(=O)N[C@@H](Cc1ccccc1)C(=O)O. The lowest BCUT2D eigenvalue weighted by Gasteiger charge is -2.14. The quantitative estimate of drug-likeness (QED) is 0.625. The molecule has 0 aliphatic heterocycles. The van der Waals surface area contributed by atoms with E-state index >= 15 is 0 Å². The van der Waals surface area contributed by atoms with Crippen LogP contribution >= 0.6 is 0 Å². The summed E-state index contributed by atoms with van der Waals surface area (Å²) in [5.74, 6) is -1.52. The van der Waals surface area contributed by atoms with E-state index in [4.69, 9.17) is 14.6 Å². The molecule has 1 aromatic carbocycles. The molecule has 1 atom stereocenters. The van der Waals surface area contributed by atoms with Crippen LogP contribution in [0, 0.1) is 0 Å². The lowest BCUT2D eigenvalue weighted by atomic mass is 10.1. The molecule has 0 fully saturated rings. The Kier molecular flexibility index (Phi) is 8.08.